The number of aliphatic hydroxyl groups excluding tert-OH is 2. The molecule has 2 heteroatoms. The SMILES string of the molecule is C[C](O)CCCO. The molecule has 0 aliphatic carbocycles. The fourth-order valence-electron chi connectivity index (χ4n) is 0.335. The molecule has 0 rings (SSSR count). The zero-order chi connectivity index (χ0) is 5.70. The van der Waals surface area contributed by atoms with Gasteiger partial charge in [-0.25, -0.2) is 0 Å². The predicted octanol–water partition coefficient (Wildman–Crippen LogP) is 0.683. The summed E-state index contributed by atoms with van der Waals surface area (Å²) in [5.74, 6) is 0. The Balaban J connectivity index is 2.68. The first-order valence-corrected chi connectivity index (χ1v) is 2.39. The molecular weight excluding hydrogens is 92.1 g/mol. The molecule has 0 saturated carbocycles. The Morgan fingerprint density at radius 3 is 2.29 bits per heavy atom. The third-order valence-corrected chi connectivity index (χ3v) is 0.697. The van der Waals surface area contributed by atoms with Gasteiger partial charge in [-0.3, -0.25) is 0 Å². The lowest BCUT2D eigenvalue weighted by Crippen LogP contribution is -1.90. The molecule has 2 N–H and O–H groups in total. The van der Waals surface area contributed by atoms with Crippen LogP contribution in [0.25, 0.3) is 0 Å². The van der Waals surface area contributed by atoms with Crippen molar-refractivity contribution in [2.24, 2.45) is 0 Å². The zero-order valence-electron chi connectivity index (χ0n) is 4.52. The second-order valence-electron chi connectivity index (χ2n) is 1.56. The normalized spacial score (nSPS) is 10.3. The minimum absolute atomic E-state index is 0.165. The van der Waals surface area contributed by atoms with Crippen molar-refractivity contribution in [1.82, 2.24) is 0 Å². The van der Waals surface area contributed by atoms with Crippen molar-refractivity contribution in [2.45, 2.75) is 19.8 Å². The van der Waals surface area contributed by atoms with Crippen LogP contribution in [-0.4, -0.2) is 16.8 Å². The van der Waals surface area contributed by atoms with Crippen molar-refractivity contribution >= 4 is 0 Å². The number of rotatable bonds is 3. The molecule has 0 aliphatic rings. The van der Waals surface area contributed by atoms with Crippen LogP contribution in [0.4, 0.5) is 0 Å². The zero-order valence-corrected chi connectivity index (χ0v) is 4.52. The van der Waals surface area contributed by atoms with Crippen LogP contribution < -0.4 is 0 Å². The van der Waals surface area contributed by atoms with Crippen molar-refractivity contribution in [3.8, 4) is 0 Å². The van der Waals surface area contributed by atoms with Crippen LogP contribution in [-0.2, 0) is 0 Å². The van der Waals surface area contributed by atoms with E-state index < -0.39 is 0 Å². The molecule has 2 nitrogen and oxygen atoms in total. The molecule has 0 aliphatic heterocycles. The average molecular weight is 103 g/mol. The van der Waals surface area contributed by atoms with Gasteiger partial charge in [0.25, 0.3) is 0 Å². The lowest BCUT2D eigenvalue weighted by atomic mass is 10.2. The first-order valence-electron chi connectivity index (χ1n) is 2.39. The largest absolute Gasteiger partial charge is 0.396 e. The predicted molar refractivity (Wildman–Crippen MR) is 27.2 cm³/mol. The molecular formula is C5H11O2. The van der Waals surface area contributed by atoms with E-state index in [-0.39, 0.29) is 6.61 Å². The minimum atomic E-state index is 0.165. The van der Waals surface area contributed by atoms with E-state index in [0.29, 0.717) is 18.9 Å². The maximum absolute atomic E-state index is 8.49. The van der Waals surface area contributed by atoms with Crippen molar-refractivity contribution in [2.75, 3.05) is 6.61 Å². The Labute approximate surface area is 43.8 Å². The molecule has 0 aromatic heterocycles. The van der Waals surface area contributed by atoms with Crippen LogP contribution in [0.1, 0.15) is 19.8 Å². The lowest BCUT2D eigenvalue weighted by Gasteiger charge is -1.96. The van der Waals surface area contributed by atoms with Crippen LogP contribution in [0.5, 0.6) is 0 Å². The number of aliphatic hydroxyl groups is 2. The topological polar surface area (TPSA) is 40.5 Å². The summed E-state index contributed by atoms with van der Waals surface area (Å²) in [5.41, 5.74) is 0. The van der Waals surface area contributed by atoms with Crippen molar-refractivity contribution in [1.29, 1.82) is 0 Å². The van der Waals surface area contributed by atoms with Crippen LogP contribution in [0.3, 0.4) is 0 Å². The summed E-state index contributed by atoms with van der Waals surface area (Å²) in [4.78, 5) is 0. The standard InChI is InChI=1S/C5H11O2/c1-5(7)3-2-4-6/h6-7H,2-4H2,1H3. The summed E-state index contributed by atoms with van der Waals surface area (Å²) in [5, 5.41) is 16.7. The Morgan fingerprint density at radius 1 is 1.57 bits per heavy atom. The smallest absolute Gasteiger partial charge is 0.0903 e. The van der Waals surface area contributed by atoms with E-state index in [1.807, 2.05) is 0 Å². The molecule has 1 radical (unpaired) electrons. The minimum Gasteiger partial charge on any atom is -0.396 e. The fraction of sp³-hybridized carbons (Fsp3) is 0.800. The van der Waals surface area contributed by atoms with E-state index in [1.165, 1.54) is 0 Å². The van der Waals surface area contributed by atoms with Crippen molar-refractivity contribution in [3.05, 3.63) is 6.10 Å². The van der Waals surface area contributed by atoms with Gasteiger partial charge in [0.1, 0.15) is 0 Å². The molecule has 0 spiro atoms. The Morgan fingerprint density at radius 2 is 2.14 bits per heavy atom. The second kappa shape index (κ2) is 4.09. The molecule has 0 amide bonds. The molecule has 7 heavy (non-hydrogen) atoms. The van der Waals surface area contributed by atoms with Crippen LogP contribution in [0.2, 0.25) is 0 Å². The molecule has 0 aromatic carbocycles. The highest BCUT2D eigenvalue weighted by Gasteiger charge is 1.92. The van der Waals surface area contributed by atoms with E-state index >= 15 is 0 Å². The summed E-state index contributed by atoms with van der Waals surface area (Å²) < 4.78 is 0. The summed E-state index contributed by atoms with van der Waals surface area (Å²) in [6.07, 6.45) is 1.69. The van der Waals surface area contributed by atoms with Gasteiger partial charge in [0.2, 0.25) is 0 Å². The quantitative estimate of drug-likeness (QED) is 0.551. The van der Waals surface area contributed by atoms with Gasteiger partial charge in [-0.1, -0.05) is 0 Å². The maximum atomic E-state index is 8.49. The highest BCUT2D eigenvalue weighted by atomic mass is 16.3. The third-order valence-electron chi connectivity index (χ3n) is 0.697. The highest BCUT2D eigenvalue weighted by Crippen LogP contribution is 2.00. The van der Waals surface area contributed by atoms with Crippen LogP contribution in [0, 0.1) is 6.10 Å². The summed E-state index contributed by atoms with van der Waals surface area (Å²) in [7, 11) is 0. The summed E-state index contributed by atoms with van der Waals surface area (Å²) in [6, 6.07) is 0. The average Bonchev–Trinajstić information content (AvgIpc) is 1.61. The number of hydrogen-bond donors (Lipinski definition) is 2. The third kappa shape index (κ3) is 5.92. The Kier molecular flexibility index (Phi) is 4.04. The van der Waals surface area contributed by atoms with E-state index in [9.17, 15) is 0 Å². The van der Waals surface area contributed by atoms with Gasteiger partial charge >= 0.3 is 0 Å². The van der Waals surface area contributed by atoms with E-state index in [2.05, 4.69) is 0 Å². The highest BCUT2D eigenvalue weighted by molar-refractivity contribution is 4.65. The molecule has 0 aromatic rings. The molecule has 0 saturated heterocycles. The molecule has 0 atom stereocenters. The molecule has 43 valence electrons. The fourth-order valence-corrected chi connectivity index (χ4v) is 0.335. The van der Waals surface area contributed by atoms with Gasteiger partial charge in [-0.2, -0.15) is 0 Å². The Bertz CT molecular complexity index is 35.1. The van der Waals surface area contributed by atoms with Gasteiger partial charge in [0.05, 0.1) is 6.10 Å². The maximum Gasteiger partial charge on any atom is 0.0903 e. The molecule has 0 heterocycles. The Hall–Kier alpha value is -0.0800. The second-order valence-corrected chi connectivity index (χ2v) is 1.56. The van der Waals surface area contributed by atoms with E-state index in [1.54, 1.807) is 6.92 Å². The van der Waals surface area contributed by atoms with Gasteiger partial charge in [-0.05, 0) is 19.8 Å². The van der Waals surface area contributed by atoms with Gasteiger partial charge < -0.3 is 10.2 Å². The van der Waals surface area contributed by atoms with Crippen LogP contribution >= 0.6 is 0 Å². The van der Waals surface area contributed by atoms with Crippen molar-refractivity contribution < 1.29 is 10.2 Å². The van der Waals surface area contributed by atoms with E-state index in [4.69, 9.17) is 10.2 Å². The molecule has 0 bridgehead atoms. The van der Waals surface area contributed by atoms with Gasteiger partial charge in [-0.15, -0.1) is 0 Å². The first kappa shape index (κ1) is 6.92. The van der Waals surface area contributed by atoms with Crippen LogP contribution in [0.15, 0.2) is 0 Å². The van der Waals surface area contributed by atoms with E-state index in [0.717, 1.165) is 0 Å². The summed E-state index contributed by atoms with van der Waals surface area (Å²) >= 11 is 0. The number of hydrogen-bond acceptors (Lipinski definition) is 2. The molecule has 0 unspecified atom stereocenters. The lowest BCUT2D eigenvalue weighted by molar-refractivity contribution is 0.247. The monoisotopic (exact) mass is 103 g/mol. The molecule has 0 fully saturated rings. The summed E-state index contributed by atoms with van der Waals surface area (Å²) in [6.45, 7) is 1.80. The van der Waals surface area contributed by atoms with Crippen molar-refractivity contribution in [3.63, 3.8) is 0 Å². The van der Waals surface area contributed by atoms with Gasteiger partial charge in [0, 0.05) is 6.61 Å². The van der Waals surface area contributed by atoms with Gasteiger partial charge in [0.15, 0.2) is 0 Å². The first-order chi connectivity index (χ1) is 3.27.